The Labute approximate surface area is 137 Å². The molecule has 3 heterocycles. The minimum atomic E-state index is -0.760. The van der Waals surface area contributed by atoms with Crippen molar-refractivity contribution in [2.45, 2.75) is 5.92 Å². The van der Waals surface area contributed by atoms with Crippen molar-refractivity contribution in [2.75, 3.05) is 0 Å². The van der Waals surface area contributed by atoms with Gasteiger partial charge in [-0.15, -0.1) is 0 Å². The number of H-pyrrole nitrogens is 1. The quantitative estimate of drug-likeness (QED) is 0.719. The highest BCUT2D eigenvalue weighted by atomic mass is 16.5. The third kappa shape index (κ3) is 1.94. The number of aromatic nitrogens is 2. The number of hydrogen-bond donors (Lipinski definition) is 2. The zero-order valence-electron chi connectivity index (χ0n) is 12.4. The molecule has 2 atom stereocenters. The first-order chi connectivity index (χ1) is 11.7. The molecule has 24 heavy (non-hydrogen) atoms. The van der Waals surface area contributed by atoms with Crippen LogP contribution in [0.15, 0.2) is 42.9 Å². The van der Waals surface area contributed by atoms with E-state index in [1.165, 1.54) is 6.20 Å². The number of benzene rings is 1. The summed E-state index contributed by atoms with van der Waals surface area (Å²) < 4.78 is 5.67. The Morgan fingerprint density at radius 3 is 2.88 bits per heavy atom. The number of fused-ring (bicyclic) bond motifs is 3. The monoisotopic (exact) mass is 313 g/mol. The standard InChI is InChI=1S/C18H11N5O/c19-6-10-5-11(9-22-8-10)16-13-1-2-15-12(3-4-23-15)17(13)24-18(21)14(16)7-20/h1-5,8-9,14,16,21,23H. The van der Waals surface area contributed by atoms with Gasteiger partial charge in [0.2, 0.25) is 5.90 Å². The summed E-state index contributed by atoms with van der Waals surface area (Å²) in [5.41, 5.74) is 2.87. The van der Waals surface area contributed by atoms with Gasteiger partial charge in [0.1, 0.15) is 17.7 Å². The van der Waals surface area contributed by atoms with Gasteiger partial charge >= 0.3 is 0 Å². The molecule has 0 saturated heterocycles. The summed E-state index contributed by atoms with van der Waals surface area (Å²) >= 11 is 0. The predicted molar refractivity (Wildman–Crippen MR) is 86.6 cm³/mol. The molecule has 2 unspecified atom stereocenters. The molecule has 2 aromatic heterocycles. The number of pyridine rings is 1. The number of ether oxygens (including phenoxy) is 1. The van der Waals surface area contributed by atoms with Gasteiger partial charge in [-0.05, 0) is 23.8 Å². The highest BCUT2D eigenvalue weighted by Gasteiger charge is 2.38. The summed E-state index contributed by atoms with van der Waals surface area (Å²) in [6.07, 6.45) is 4.92. The van der Waals surface area contributed by atoms with Crippen LogP contribution in [0.25, 0.3) is 10.9 Å². The van der Waals surface area contributed by atoms with Crippen molar-refractivity contribution in [1.82, 2.24) is 9.97 Å². The molecular formula is C18H11N5O. The maximum atomic E-state index is 9.56. The molecule has 0 bridgehead atoms. The van der Waals surface area contributed by atoms with Crippen LogP contribution in [0, 0.1) is 34.0 Å². The van der Waals surface area contributed by atoms with E-state index in [4.69, 9.17) is 15.4 Å². The van der Waals surface area contributed by atoms with Crippen molar-refractivity contribution in [1.29, 1.82) is 15.9 Å². The molecular weight excluding hydrogens is 302 g/mol. The van der Waals surface area contributed by atoms with E-state index in [1.807, 2.05) is 18.2 Å². The fourth-order valence-corrected chi connectivity index (χ4v) is 3.18. The summed E-state index contributed by atoms with van der Waals surface area (Å²) in [5, 5.41) is 27.7. The number of rotatable bonds is 1. The van der Waals surface area contributed by atoms with Gasteiger partial charge in [0.05, 0.1) is 11.6 Å². The second kappa shape index (κ2) is 5.22. The van der Waals surface area contributed by atoms with E-state index in [-0.39, 0.29) is 5.90 Å². The predicted octanol–water partition coefficient (Wildman–Crippen LogP) is 3.08. The Morgan fingerprint density at radius 1 is 1.21 bits per heavy atom. The highest BCUT2D eigenvalue weighted by Crippen LogP contribution is 2.45. The average molecular weight is 313 g/mol. The summed E-state index contributed by atoms with van der Waals surface area (Å²) in [6.45, 7) is 0. The van der Waals surface area contributed by atoms with E-state index >= 15 is 0 Å². The Balaban J connectivity index is 1.99. The van der Waals surface area contributed by atoms with E-state index in [0.717, 1.165) is 22.0 Å². The van der Waals surface area contributed by atoms with Crippen molar-refractivity contribution < 1.29 is 4.74 Å². The first-order valence-electron chi connectivity index (χ1n) is 7.34. The zero-order chi connectivity index (χ0) is 16.7. The number of hydrogen-bond acceptors (Lipinski definition) is 5. The van der Waals surface area contributed by atoms with Gasteiger partial charge in [-0.1, -0.05) is 6.07 Å². The van der Waals surface area contributed by atoms with Crippen molar-refractivity contribution in [3.8, 4) is 17.9 Å². The molecule has 0 spiro atoms. The highest BCUT2D eigenvalue weighted by molar-refractivity contribution is 5.94. The molecule has 3 aromatic rings. The third-order valence-electron chi connectivity index (χ3n) is 4.26. The lowest BCUT2D eigenvalue weighted by molar-refractivity contribution is 0.455. The van der Waals surface area contributed by atoms with Crippen LogP contribution in [0.3, 0.4) is 0 Å². The molecule has 0 amide bonds. The lowest BCUT2D eigenvalue weighted by Crippen LogP contribution is -2.31. The Morgan fingerprint density at radius 2 is 2.08 bits per heavy atom. The number of aromatic amines is 1. The van der Waals surface area contributed by atoms with E-state index in [1.54, 1.807) is 18.5 Å². The molecule has 6 heteroatoms. The van der Waals surface area contributed by atoms with Crippen LogP contribution in [-0.2, 0) is 0 Å². The van der Waals surface area contributed by atoms with Crippen LogP contribution in [0.5, 0.6) is 5.75 Å². The van der Waals surface area contributed by atoms with E-state index < -0.39 is 11.8 Å². The molecule has 0 fully saturated rings. The molecule has 1 aliphatic rings. The second-order valence-corrected chi connectivity index (χ2v) is 5.59. The molecule has 6 nitrogen and oxygen atoms in total. The average Bonchev–Trinajstić information content (AvgIpc) is 3.09. The lowest BCUT2D eigenvalue weighted by atomic mass is 9.79. The molecule has 0 radical (unpaired) electrons. The number of nitriles is 2. The van der Waals surface area contributed by atoms with Crippen LogP contribution < -0.4 is 4.74 Å². The molecule has 0 saturated carbocycles. The lowest BCUT2D eigenvalue weighted by Gasteiger charge is -2.30. The van der Waals surface area contributed by atoms with Gasteiger partial charge in [-0.25, -0.2) is 0 Å². The Kier molecular flexibility index (Phi) is 3.04. The maximum absolute atomic E-state index is 9.56. The topological polar surface area (TPSA) is 109 Å². The smallest absolute Gasteiger partial charge is 0.205 e. The summed E-state index contributed by atoms with van der Waals surface area (Å²) in [6, 6.07) is 11.6. The van der Waals surface area contributed by atoms with Crippen molar-refractivity contribution >= 4 is 16.8 Å². The van der Waals surface area contributed by atoms with Gasteiger partial charge in [0, 0.05) is 41.0 Å². The van der Waals surface area contributed by atoms with Gasteiger partial charge in [-0.3, -0.25) is 10.4 Å². The Bertz CT molecular complexity index is 1050. The SMILES string of the molecule is N#Cc1cncc(C2c3ccc4[nH]ccc4c3OC(=N)C2C#N)c1. The van der Waals surface area contributed by atoms with Crippen LogP contribution in [0.4, 0.5) is 0 Å². The largest absolute Gasteiger partial charge is 0.441 e. The Hall–Kier alpha value is -3.64. The summed E-state index contributed by atoms with van der Waals surface area (Å²) in [7, 11) is 0. The molecule has 114 valence electrons. The minimum absolute atomic E-state index is 0.0916. The number of nitrogens with one attached hydrogen (secondary N) is 2. The normalized spacial score (nSPS) is 19.2. The van der Waals surface area contributed by atoms with Gasteiger partial charge in [0.15, 0.2) is 0 Å². The third-order valence-corrected chi connectivity index (χ3v) is 4.26. The maximum Gasteiger partial charge on any atom is 0.205 e. The number of nitrogens with zero attached hydrogens (tertiary/aromatic N) is 3. The minimum Gasteiger partial charge on any atom is -0.441 e. The first kappa shape index (κ1) is 14.0. The second-order valence-electron chi connectivity index (χ2n) is 5.59. The van der Waals surface area contributed by atoms with Crippen LogP contribution in [-0.4, -0.2) is 15.9 Å². The molecule has 2 N–H and O–H groups in total. The molecule has 1 aromatic carbocycles. The molecule has 1 aliphatic heterocycles. The van der Waals surface area contributed by atoms with Crippen molar-refractivity contribution in [3.63, 3.8) is 0 Å². The van der Waals surface area contributed by atoms with E-state index in [2.05, 4.69) is 22.1 Å². The summed E-state index contributed by atoms with van der Waals surface area (Å²) in [4.78, 5) is 7.21. The van der Waals surface area contributed by atoms with E-state index in [9.17, 15) is 5.26 Å². The first-order valence-corrected chi connectivity index (χ1v) is 7.34. The van der Waals surface area contributed by atoms with Gasteiger partial charge in [0.25, 0.3) is 0 Å². The van der Waals surface area contributed by atoms with Crippen molar-refractivity contribution in [3.05, 3.63) is 59.5 Å². The zero-order valence-corrected chi connectivity index (χ0v) is 12.4. The van der Waals surface area contributed by atoms with Crippen molar-refractivity contribution in [2.24, 2.45) is 5.92 Å². The van der Waals surface area contributed by atoms with Crippen LogP contribution in [0.1, 0.15) is 22.6 Å². The summed E-state index contributed by atoms with van der Waals surface area (Å²) in [5.74, 6) is -0.667. The fourth-order valence-electron chi connectivity index (χ4n) is 3.18. The van der Waals surface area contributed by atoms with E-state index in [0.29, 0.717) is 11.3 Å². The van der Waals surface area contributed by atoms with Crippen LogP contribution >= 0.6 is 0 Å². The van der Waals surface area contributed by atoms with Gasteiger partial charge in [-0.2, -0.15) is 10.5 Å². The fraction of sp³-hybridized carbons (Fsp3) is 0.111. The van der Waals surface area contributed by atoms with Crippen LogP contribution in [0.2, 0.25) is 0 Å². The molecule has 4 rings (SSSR count). The van der Waals surface area contributed by atoms with Gasteiger partial charge < -0.3 is 9.72 Å². The molecule has 0 aliphatic carbocycles.